The number of alkyl halides is 3. The standard InChI is InChI=1S/C10H17F3N2O3/c1-9(2,3)15-7(16)4-5-14-8(17)18-6-10(11,12)13/h4-6H2,1-3H3,(H,14,17)(H,15,16). The molecule has 0 spiro atoms. The zero-order chi connectivity index (χ0) is 14.4. The van der Waals surface area contributed by atoms with E-state index >= 15 is 0 Å². The Kier molecular flexibility index (Phi) is 5.93. The van der Waals surface area contributed by atoms with Crippen molar-refractivity contribution in [3.8, 4) is 0 Å². The minimum atomic E-state index is -4.55. The number of hydrogen-bond acceptors (Lipinski definition) is 3. The average Bonchev–Trinajstić information content (AvgIpc) is 2.10. The van der Waals surface area contributed by atoms with Crippen LogP contribution in [0.3, 0.4) is 0 Å². The molecule has 0 atom stereocenters. The minimum Gasteiger partial charge on any atom is -0.440 e. The van der Waals surface area contributed by atoms with Crippen molar-refractivity contribution in [2.45, 2.75) is 38.9 Å². The Morgan fingerprint density at radius 1 is 1.17 bits per heavy atom. The maximum Gasteiger partial charge on any atom is 0.422 e. The van der Waals surface area contributed by atoms with E-state index in [1.54, 1.807) is 20.8 Å². The molecule has 0 saturated carbocycles. The number of carbonyl (C=O) groups is 2. The minimum absolute atomic E-state index is 0.0294. The summed E-state index contributed by atoms with van der Waals surface area (Å²) < 4.78 is 38.9. The van der Waals surface area contributed by atoms with E-state index in [-0.39, 0.29) is 18.9 Å². The molecule has 0 aromatic heterocycles. The molecule has 0 unspecified atom stereocenters. The molecular weight excluding hydrogens is 253 g/mol. The second-order valence-corrected chi connectivity index (χ2v) is 4.67. The number of carbonyl (C=O) groups excluding carboxylic acids is 2. The highest BCUT2D eigenvalue weighted by atomic mass is 19.4. The Labute approximate surface area is 103 Å². The number of rotatable bonds is 4. The Morgan fingerprint density at radius 3 is 2.17 bits per heavy atom. The van der Waals surface area contributed by atoms with Crippen LogP contribution in [0.5, 0.6) is 0 Å². The highest BCUT2D eigenvalue weighted by Gasteiger charge is 2.29. The van der Waals surface area contributed by atoms with Crippen molar-refractivity contribution in [2.24, 2.45) is 0 Å². The van der Waals surface area contributed by atoms with E-state index in [1.807, 2.05) is 5.32 Å². The fourth-order valence-electron chi connectivity index (χ4n) is 0.957. The molecule has 0 radical (unpaired) electrons. The van der Waals surface area contributed by atoms with Gasteiger partial charge in [-0.05, 0) is 20.8 Å². The van der Waals surface area contributed by atoms with Crippen LogP contribution in [0.15, 0.2) is 0 Å². The number of halogens is 3. The quantitative estimate of drug-likeness (QED) is 0.815. The summed E-state index contributed by atoms with van der Waals surface area (Å²) in [5, 5.41) is 4.69. The fourth-order valence-corrected chi connectivity index (χ4v) is 0.957. The van der Waals surface area contributed by atoms with Gasteiger partial charge in [-0.25, -0.2) is 4.79 Å². The van der Waals surface area contributed by atoms with Gasteiger partial charge in [0.05, 0.1) is 0 Å². The van der Waals surface area contributed by atoms with Crippen molar-refractivity contribution in [3.05, 3.63) is 0 Å². The van der Waals surface area contributed by atoms with Crippen molar-refractivity contribution in [3.63, 3.8) is 0 Å². The van der Waals surface area contributed by atoms with Crippen LogP contribution in [-0.4, -0.2) is 36.9 Å². The van der Waals surface area contributed by atoms with E-state index in [0.717, 1.165) is 0 Å². The van der Waals surface area contributed by atoms with E-state index in [1.165, 1.54) is 0 Å². The van der Waals surface area contributed by atoms with E-state index in [2.05, 4.69) is 10.1 Å². The molecule has 8 heteroatoms. The Balaban J connectivity index is 3.72. The molecule has 2 N–H and O–H groups in total. The monoisotopic (exact) mass is 270 g/mol. The first kappa shape index (κ1) is 16.5. The maximum absolute atomic E-state index is 11.7. The van der Waals surface area contributed by atoms with E-state index in [0.29, 0.717) is 0 Å². The van der Waals surface area contributed by atoms with E-state index in [9.17, 15) is 22.8 Å². The van der Waals surface area contributed by atoms with Crippen LogP contribution in [0.2, 0.25) is 0 Å². The Hall–Kier alpha value is -1.47. The largest absolute Gasteiger partial charge is 0.440 e. The number of alkyl carbamates (subject to hydrolysis) is 1. The smallest absolute Gasteiger partial charge is 0.422 e. The number of hydrogen-bond donors (Lipinski definition) is 2. The number of ether oxygens (including phenoxy) is 1. The lowest BCUT2D eigenvalue weighted by molar-refractivity contribution is -0.160. The summed E-state index contributed by atoms with van der Waals surface area (Å²) in [7, 11) is 0. The Morgan fingerprint density at radius 2 is 1.72 bits per heavy atom. The van der Waals surface area contributed by atoms with Crippen LogP contribution in [0.4, 0.5) is 18.0 Å². The van der Waals surface area contributed by atoms with Gasteiger partial charge in [0, 0.05) is 18.5 Å². The van der Waals surface area contributed by atoms with Crippen LogP contribution in [0.25, 0.3) is 0 Å². The van der Waals surface area contributed by atoms with Crippen LogP contribution in [0.1, 0.15) is 27.2 Å². The van der Waals surface area contributed by atoms with Crippen LogP contribution >= 0.6 is 0 Å². The molecule has 5 nitrogen and oxygen atoms in total. The van der Waals surface area contributed by atoms with Crippen molar-refractivity contribution in [1.29, 1.82) is 0 Å². The maximum atomic E-state index is 11.7. The van der Waals surface area contributed by atoms with Gasteiger partial charge in [0.15, 0.2) is 6.61 Å². The third-order valence-corrected chi connectivity index (χ3v) is 1.50. The van der Waals surface area contributed by atoms with Gasteiger partial charge >= 0.3 is 12.3 Å². The molecule has 0 aromatic carbocycles. The molecule has 0 rings (SSSR count). The van der Waals surface area contributed by atoms with Gasteiger partial charge in [0.2, 0.25) is 5.91 Å². The van der Waals surface area contributed by atoms with Crippen LogP contribution < -0.4 is 10.6 Å². The first-order valence-corrected chi connectivity index (χ1v) is 5.28. The SMILES string of the molecule is CC(C)(C)NC(=O)CCNC(=O)OCC(F)(F)F. The van der Waals surface area contributed by atoms with E-state index in [4.69, 9.17) is 0 Å². The highest BCUT2D eigenvalue weighted by Crippen LogP contribution is 2.14. The lowest BCUT2D eigenvalue weighted by Crippen LogP contribution is -2.42. The van der Waals surface area contributed by atoms with Gasteiger partial charge in [0.25, 0.3) is 0 Å². The third-order valence-electron chi connectivity index (χ3n) is 1.50. The fraction of sp³-hybridized carbons (Fsp3) is 0.800. The van der Waals surface area contributed by atoms with Gasteiger partial charge < -0.3 is 15.4 Å². The van der Waals surface area contributed by atoms with Crippen molar-refractivity contribution in [1.82, 2.24) is 10.6 Å². The second kappa shape index (κ2) is 6.46. The zero-order valence-electron chi connectivity index (χ0n) is 10.5. The van der Waals surface area contributed by atoms with Crippen molar-refractivity contribution in [2.75, 3.05) is 13.2 Å². The van der Waals surface area contributed by atoms with Gasteiger partial charge in [-0.1, -0.05) is 0 Å². The molecule has 0 aliphatic heterocycles. The molecule has 0 aliphatic rings. The van der Waals surface area contributed by atoms with Crippen molar-refractivity contribution >= 4 is 12.0 Å². The molecule has 18 heavy (non-hydrogen) atoms. The molecular formula is C10H17F3N2O3. The molecule has 0 saturated heterocycles. The average molecular weight is 270 g/mol. The summed E-state index contributed by atoms with van der Waals surface area (Å²) in [6.07, 6.45) is -5.78. The summed E-state index contributed by atoms with van der Waals surface area (Å²) in [6, 6.07) is 0. The highest BCUT2D eigenvalue weighted by molar-refractivity contribution is 5.77. The molecule has 0 aliphatic carbocycles. The topological polar surface area (TPSA) is 67.4 Å². The van der Waals surface area contributed by atoms with Gasteiger partial charge in [0.1, 0.15) is 0 Å². The van der Waals surface area contributed by atoms with Gasteiger partial charge in [-0.3, -0.25) is 4.79 Å². The van der Waals surface area contributed by atoms with Gasteiger partial charge in [-0.15, -0.1) is 0 Å². The summed E-state index contributed by atoms with van der Waals surface area (Å²) in [6.45, 7) is 3.63. The summed E-state index contributed by atoms with van der Waals surface area (Å²) in [4.78, 5) is 22.1. The van der Waals surface area contributed by atoms with Crippen molar-refractivity contribution < 1.29 is 27.5 Å². The lowest BCUT2D eigenvalue weighted by Gasteiger charge is -2.20. The summed E-state index contributed by atoms with van der Waals surface area (Å²) in [5.74, 6) is -0.307. The molecule has 2 amide bonds. The second-order valence-electron chi connectivity index (χ2n) is 4.67. The van der Waals surface area contributed by atoms with Crippen LogP contribution in [-0.2, 0) is 9.53 Å². The Bertz CT molecular complexity index is 298. The normalized spacial score (nSPS) is 11.9. The van der Waals surface area contributed by atoms with Gasteiger partial charge in [-0.2, -0.15) is 13.2 Å². The summed E-state index contributed by atoms with van der Waals surface area (Å²) >= 11 is 0. The lowest BCUT2D eigenvalue weighted by atomic mass is 10.1. The first-order chi connectivity index (χ1) is 7.99. The zero-order valence-corrected chi connectivity index (χ0v) is 10.5. The predicted molar refractivity (Wildman–Crippen MR) is 57.9 cm³/mol. The molecule has 0 bridgehead atoms. The van der Waals surface area contributed by atoms with Crippen LogP contribution in [0, 0.1) is 0 Å². The number of nitrogens with one attached hydrogen (secondary N) is 2. The molecule has 0 aromatic rings. The molecule has 0 heterocycles. The summed E-state index contributed by atoms with van der Waals surface area (Å²) in [5.41, 5.74) is -0.395. The molecule has 106 valence electrons. The number of amides is 2. The predicted octanol–water partition coefficient (Wildman–Crippen LogP) is 1.58. The first-order valence-electron chi connectivity index (χ1n) is 5.28. The van der Waals surface area contributed by atoms with E-state index < -0.39 is 24.4 Å². The third kappa shape index (κ3) is 11.0. The molecule has 0 fully saturated rings.